The van der Waals surface area contributed by atoms with Crippen molar-refractivity contribution in [1.82, 2.24) is 0 Å². The molecule has 0 amide bonds. The summed E-state index contributed by atoms with van der Waals surface area (Å²) in [5.41, 5.74) is 3.38. The number of aliphatic imine (C=N–C) groups is 1. The molecule has 0 bridgehead atoms. The molecule has 2 aromatic rings. The van der Waals surface area contributed by atoms with Crippen LogP contribution in [0.25, 0.3) is 0 Å². The van der Waals surface area contributed by atoms with Crippen molar-refractivity contribution in [2.24, 2.45) is 4.99 Å². The fraction of sp³-hybridized carbons (Fsp3) is 0.167. The Morgan fingerprint density at radius 1 is 1.29 bits per heavy atom. The Morgan fingerprint density at radius 3 is 2.62 bits per heavy atom. The molecule has 2 rings (SSSR count). The van der Waals surface area contributed by atoms with Gasteiger partial charge in [0.15, 0.2) is 0 Å². The van der Waals surface area contributed by atoms with Crippen LogP contribution in [0.3, 0.4) is 0 Å². The van der Waals surface area contributed by atoms with Crippen LogP contribution < -0.4 is 0 Å². The molecule has 122 valence electrons. The number of rotatable bonds is 4. The predicted molar refractivity (Wildman–Crippen MR) is 95.8 cm³/mol. The van der Waals surface area contributed by atoms with Crippen LogP contribution in [0.1, 0.15) is 34.0 Å². The molecule has 24 heavy (non-hydrogen) atoms. The number of aromatic carboxylic acids is 1. The molecule has 0 aliphatic heterocycles. The van der Waals surface area contributed by atoms with E-state index in [9.17, 15) is 4.79 Å². The third-order valence-electron chi connectivity index (χ3n) is 3.50. The highest BCUT2D eigenvalue weighted by atomic mass is 35.5. The fourth-order valence-electron chi connectivity index (χ4n) is 2.23. The maximum atomic E-state index is 11.2. The highest BCUT2D eigenvalue weighted by molar-refractivity contribution is 6.38. The maximum Gasteiger partial charge on any atom is 0.337 e. The third kappa shape index (κ3) is 3.94. The molecule has 0 aliphatic rings. The molecule has 0 saturated carbocycles. The highest BCUT2D eigenvalue weighted by Gasteiger charge is 2.16. The molecule has 0 unspecified atom stereocenters. The van der Waals surface area contributed by atoms with Gasteiger partial charge in [-0.2, -0.15) is 5.26 Å². The van der Waals surface area contributed by atoms with Gasteiger partial charge in [0.1, 0.15) is 0 Å². The van der Waals surface area contributed by atoms with Gasteiger partial charge in [0.2, 0.25) is 0 Å². The van der Waals surface area contributed by atoms with Crippen molar-refractivity contribution in [3.05, 3.63) is 62.6 Å². The van der Waals surface area contributed by atoms with Gasteiger partial charge >= 0.3 is 5.97 Å². The number of carbonyl (C=O) groups is 1. The second-order valence-corrected chi connectivity index (χ2v) is 6.11. The Morgan fingerprint density at radius 2 is 2.00 bits per heavy atom. The second kappa shape index (κ2) is 7.48. The number of hydrogen-bond donors (Lipinski definition) is 1. The normalized spacial score (nSPS) is 11.2. The van der Waals surface area contributed by atoms with E-state index in [-0.39, 0.29) is 10.6 Å². The molecular weight excluding hydrogens is 347 g/mol. The number of aryl methyl sites for hydroxylation is 1. The second-order valence-electron chi connectivity index (χ2n) is 5.33. The maximum absolute atomic E-state index is 11.2. The van der Waals surface area contributed by atoms with Gasteiger partial charge in [-0.05, 0) is 49.2 Å². The zero-order valence-corrected chi connectivity index (χ0v) is 14.6. The number of nitrogens with zero attached hydrogens (tertiary/aromatic N) is 2. The van der Waals surface area contributed by atoms with Crippen LogP contribution >= 0.6 is 23.2 Å². The molecular formula is C18H14Cl2N2O2. The summed E-state index contributed by atoms with van der Waals surface area (Å²) >= 11 is 12.3. The average molecular weight is 361 g/mol. The van der Waals surface area contributed by atoms with Gasteiger partial charge in [-0.25, -0.2) is 4.79 Å². The standard InChI is InChI=1S/C18H14Cl2N2O2/c1-10-3-4-12(9-21)8-16(10)22-11(2)7-14-15(19)6-5-13(17(14)20)18(23)24/h3-6,8H,7H2,1-2H3,(H,23,24)/b22-11+. The van der Waals surface area contributed by atoms with Crippen molar-refractivity contribution >= 4 is 40.6 Å². The number of carboxylic acids is 1. The molecule has 4 nitrogen and oxygen atoms in total. The Labute approximate surface area is 150 Å². The van der Waals surface area contributed by atoms with Gasteiger partial charge in [-0.1, -0.05) is 29.3 Å². The van der Waals surface area contributed by atoms with E-state index in [4.69, 9.17) is 33.6 Å². The van der Waals surface area contributed by atoms with E-state index in [0.717, 1.165) is 5.56 Å². The average Bonchev–Trinajstić information content (AvgIpc) is 2.53. The van der Waals surface area contributed by atoms with Crippen molar-refractivity contribution in [1.29, 1.82) is 5.26 Å². The van der Waals surface area contributed by atoms with Crippen LogP contribution in [0.4, 0.5) is 5.69 Å². The van der Waals surface area contributed by atoms with E-state index in [1.54, 1.807) is 19.1 Å². The molecule has 2 aromatic carbocycles. The van der Waals surface area contributed by atoms with Crippen LogP contribution in [0, 0.1) is 18.3 Å². The zero-order valence-electron chi connectivity index (χ0n) is 13.1. The lowest BCUT2D eigenvalue weighted by atomic mass is 10.0. The highest BCUT2D eigenvalue weighted by Crippen LogP contribution is 2.30. The summed E-state index contributed by atoms with van der Waals surface area (Å²) < 4.78 is 0. The van der Waals surface area contributed by atoms with Crippen molar-refractivity contribution < 1.29 is 9.90 Å². The van der Waals surface area contributed by atoms with Gasteiger partial charge in [-0.15, -0.1) is 0 Å². The van der Waals surface area contributed by atoms with Gasteiger partial charge in [-0.3, -0.25) is 4.99 Å². The minimum absolute atomic E-state index is 0.00604. The van der Waals surface area contributed by atoms with Gasteiger partial charge < -0.3 is 5.11 Å². The minimum atomic E-state index is -1.11. The molecule has 0 fully saturated rings. The first-order valence-electron chi connectivity index (χ1n) is 7.08. The van der Waals surface area contributed by atoms with Crippen LogP contribution in [-0.4, -0.2) is 16.8 Å². The lowest BCUT2D eigenvalue weighted by Crippen LogP contribution is -2.04. The molecule has 0 radical (unpaired) electrons. The zero-order chi connectivity index (χ0) is 17.9. The number of halogens is 2. The summed E-state index contributed by atoms with van der Waals surface area (Å²) in [5.74, 6) is -1.11. The summed E-state index contributed by atoms with van der Waals surface area (Å²) in [7, 11) is 0. The molecule has 0 atom stereocenters. The molecule has 0 aromatic heterocycles. The molecule has 0 heterocycles. The molecule has 0 saturated heterocycles. The Bertz CT molecular complexity index is 883. The van der Waals surface area contributed by atoms with E-state index < -0.39 is 5.97 Å². The quantitative estimate of drug-likeness (QED) is 0.760. The summed E-state index contributed by atoms with van der Waals surface area (Å²) in [4.78, 5) is 15.7. The minimum Gasteiger partial charge on any atom is -0.478 e. The number of hydrogen-bond acceptors (Lipinski definition) is 3. The smallest absolute Gasteiger partial charge is 0.337 e. The first-order chi connectivity index (χ1) is 11.3. The van der Waals surface area contributed by atoms with Crippen LogP contribution in [-0.2, 0) is 6.42 Å². The molecule has 0 spiro atoms. The topological polar surface area (TPSA) is 73.4 Å². The van der Waals surface area contributed by atoms with Crippen LogP contribution in [0.5, 0.6) is 0 Å². The molecule has 1 N–H and O–H groups in total. The fourth-order valence-corrected chi connectivity index (χ4v) is 2.81. The first kappa shape index (κ1) is 18.0. The number of carboxylic acid groups (broad SMARTS) is 1. The van der Waals surface area contributed by atoms with Gasteiger partial charge in [0.05, 0.1) is 27.9 Å². The lowest BCUT2D eigenvalue weighted by molar-refractivity contribution is 0.0697. The van der Waals surface area contributed by atoms with E-state index >= 15 is 0 Å². The summed E-state index contributed by atoms with van der Waals surface area (Å²) in [5, 5.41) is 18.7. The van der Waals surface area contributed by atoms with Crippen molar-refractivity contribution in [2.45, 2.75) is 20.3 Å². The van der Waals surface area contributed by atoms with E-state index in [1.807, 2.05) is 13.0 Å². The molecule has 0 aliphatic carbocycles. The Hall–Kier alpha value is -2.35. The van der Waals surface area contributed by atoms with E-state index in [2.05, 4.69) is 11.1 Å². The van der Waals surface area contributed by atoms with Crippen LogP contribution in [0.2, 0.25) is 10.0 Å². The number of nitriles is 1. The number of benzene rings is 2. The summed E-state index contributed by atoms with van der Waals surface area (Å²) in [6.45, 7) is 3.71. The van der Waals surface area contributed by atoms with E-state index in [1.165, 1.54) is 12.1 Å². The molecule has 6 heteroatoms. The summed E-state index contributed by atoms with van der Waals surface area (Å²) in [6.07, 6.45) is 0.314. The Kier molecular flexibility index (Phi) is 5.61. The predicted octanol–water partition coefficient (Wildman–Crippen LogP) is 5.21. The monoisotopic (exact) mass is 360 g/mol. The van der Waals surface area contributed by atoms with Crippen LogP contribution in [0.15, 0.2) is 35.3 Å². The largest absolute Gasteiger partial charge is 0.478 e. The lowest BCUT2D eigenvalue weighted by Gasteiger charge is -2.10. The summed E-state index contributed by atoms with van der Waals surface area (Å²) in [6, 6.07) is 10.2. The van der Waals surface area contributed by atoms with Crippen molar-refractivity contribution in [2.75, 3.05) is 0 Å². The first-order valence-corrected chi connectivity index (χ1v) is 7.84. The van der Waals surface area contributed by atoms with Crippen molar-refractivity contribution in [3.63, 3.8) is 0 Å². The van der Waals surface area contributed by atoms with Gasteiger partial charge in [0, 0.05) is 17.2 Å². The third-order valence-corrected chi connectivity index (χ3v) is 4.28. The van der Waals surface area contributed by atoms with Crippen molar-refractivity contribution in [3.8, 4) is 6.07 Å². The van der Waals surface area contributed by atoms with Gasteiger partial charge in [0.25, 0.3) is 0 Å². The van der Waals surface area contributed by atoms with E-state index in [0.29, 0.717) is 34.0 Å². The SMILES string of the molecule is C/C(Cc1c(Cl)ccc(C(=O)O)c1Cl)=N\c1cc(C#N)ccc1C. The Balaban J connectivity index is 2.40.